The van der Waals surface area contributed by atoms with Crippen LogP contribution in [-0.2, 0) is 0 Å². The number of hydrogen-bond acceptors (Lipinski definition) is 1. The van der Waals surface area contributed by atoms with E-state index in [0.29, 0.717) is 5.92 Å². The smallest absolute Gasteiger partial charge is 0.308 e. The number of alkyl halides is 4. The minimum atomic E-state index is -3.92. The molecule has 1 rings (SSSR count). The molecule has 0 atom stereocenters. The van der Waals surface area contributed by atoms with E-state index in [4.69, 9.17) is 0 Å². The third-order valence-electron chi connectivity index (χ3n) is 4.69. The van der Waals surface area contributed by atoms with Gasteiger partial charge in [0.15, 0.2) is 0 Å². The van der Waals surface area contributed by atoms with Gasteiger partial charge in [0.2, 0.25) is 0 Å². The molecule has 114 valence electrons. The summed E-state index contributed by atoms with van der Waals surface area (Å²) in [6.45, 7) is 5.71. The molecule has 0 aromatic heterocycles. The molecule has 1 aliphatic carbocycles. The summed E-state index contributed by atoms with van der Waals surface area (Å²) in [5.74, 6) is -3.31. The maximum absolute atomic E-state index is 12.8. The molecule has 0 unspecified atom stereocenters. The molecule has 0 radical (unpaired) electrons. The molecular formula is C14H25F4N. The van der Waals surface area contributed by atoms with Gasteiger partial charge in [-0.1, -0.05) is 27.2 Å². The molecule has 1 nitrogen and oxygen atoms in total. The van der Waals surface area contributed by atoms with Crippen molar-refractivity contribution >= 4 is 0 Å². The first-order chi connectivity index (χ1) is 8.69. The minimum absolute atomic E-state index is 0.0477. The van der Waals surface area contributed by atoms with Crippen LogP contribution in [-0.4, -0.2) is 24.9 Å². The Hall–Kier alpha value is -0.320. The van der Waals surface area contributed by atoms with Gasteiger partial charge in [-0.25, -0.2) is 8.78 Å². The van der Waals surface area contributed by atoms with Crippen molar-refractivity contribution in [2.75, 3.05) is 6.54 Å². The molecule has 1 fully saturated rings. The summed E-state index contributed by atoms with van der Waals surface area (Å²) >= 11 is 0. The summed E-state index contributed by atoms with van der Waals surface area (Å²) in [5, 5.41) is 2.60. The highest BCUT2D eigenvalue weighted by Gasteiger charge is 2.41. The first kappa shape index (κ1) is 16.7. The molecule has 1 aliphatic rings. The van der Waals surface area contributed by atoms with E-state index in [1.165, 1.54) is 0 Å². The van der Waals surface area contributed by atoms with Crippen LogP contribution in [0.15, 0.2) is 0 Å². The Labute approximate surface area is 113 Å². The standard InChI is InChI=1S/C14H25F4N/c1-4-13(2,3)10-5-7-11(8-6-10)19-9-14(17,18)12(15)16/h10-12,19H,4-9H2,1-3H3. The highest BCUT2D eigenvalue weighted by molar-refractivity contribution is 4.86. The average Bonchev–Trinajstić information content (AvgIpc) is 2.37. The van der Waals surface area contributed by atoms with Gasteiger partial charge < -0.3 is 5.32 Å². The molecule has 0 amide bonds. The van der Waals surface area contributed by atoms with E-state index in [2.05, 4.69) is 26.1 Å². The van der Waals surface area contributed by atoms with Gasteiger partial charge >= 0.3 is 12.3 Å². The second-order valence-corrected chi connectivity index (χ2v) is 6.33. The zero-order chi connectivity index (χ0) is 14.7. The first-order valence-corrected chi connectivity index (χ1v) is 7.08. The second-order valence-electron chi connectivity index (χ2n) is 6.33. The van der Waals surface area contributed by atoms with Gasteiger partial charge in [0.25, 0.3) is 0 Å². The Morgan fingerprint density at radius 1 is 1.11 bits per heavy atom. The zero-order valence-electron chi connectivity index (χ0n) is 12.0. The summed E-state index contributed by atoms with van der Waals surface area (Å²) in [6.07, 6.45) is 1.08. The molecule has 0 aromatic rings. The van der Waals surface area contributed by atoms with Crippen LogP contribution in [0, 0.1) is 11.3 Å². The molecule has 0 spiro atoms. The van der Waals surface area contributed by atoms with Crippen LogP contribution in [0.5, 0.6) is 0 Å². The van der Waals surface area contributed by atoms with Crippen LogP contribution in [0.2, 0.25) is 0 Å². The van der Waals surface area contributed by atoms with Gasteiger partial charge in [-0.15, -0.1) is 0 Å². The Bertz CT molecular complexity index is 271. The molecule has 1 saturated carbocycles. The van der Waals surface area contributed by atoms with E-state index < -0.39 is 18.9 Å². The summed E-state index contributed by atoms with van der Waals surface area (Å²) in [5.41, 5.74) is 0.276. The summed E-state index contributed by atoms with van der Waals surface area (Å²) in [7, 11) is 0. The second kappa shape index (κ2) is 6.42. The lowest BCUT2D eigenvalue weighted by molar-refractivity contribution is -0.126. The lowest BCUT2D eigenvalue weighted by atomic mass is 9.69. The molecule has 0 bridgehead atoms. The van der Waals surface area contributed by atoms with E-state index in [0.717, 1.165) is 32.1 Å². The normalized spacial score (nSPS) is 25.9. The molecule has 5 heteroatoms. The van der Waals surface area contributed by atoms with Crippen LogP contribution in [0.1, 0.15) is 52.9 Å². The Balaban J connectivity index is 2.35. The van der Waals surface area contributed by atoms with Crippen LogP contribution in [0.3, 0.4) is 0 Å². The van der Waals surface area contributed by atoms with Crippen molar-refractivity contribution in [2.45, 2.75) is 71.3 Å². The molecule has 0 aliphatic heterocycles. The predicted molar refractivity (Wildman–Crippen MR) is 68.8 cm³/mol. The number of nitrogens with one attached hydrogen (secondary N) is 1. The molecule has 0 heterocycles. The van der Waals surface area contributed by atoms with Gasteiger partial charge in [-0.3, -0.25) is 0 Å². The van der Waals surface area contributed by atoms with Crippen molar-refractivity contribution in [3.05, 3.63) is 0 Å². The highest BCUT2D eigenvalue weighted by atomic mass is 19.3. The maximum atomic E-state index is 12.8. The molecule has 0 aromatic carbocycles. The van der Waals surface area contributed by atoms with E-state index in [1.807, 2.05) is 0 Å². The van der Waals surface area contributed by atoms with Crippen molar-refractivity contribution in [1.82, 2.24) is 5.32 Å². The van der Waals surface area contributed by atoms with Gasteiger partial charge in [0, 0.05) is 6.04 Å². The van der Waals surface area contributed by atoms with E-state index in [-0.39, 0.29) is 11.5 Å². The number of hydrogen-bond donors (Lipinski definition) is 1. The average molecular weight is 283 g/mol. The highest BCUT2D eigenvalue weighted by Crippen LogP contribution is 2.40. The van der Waals surface area contributed by atoms with Gasteiger partial charge in [0.1, 0.15) is 0 Å². The van der Waals surface area contributed by atoms with Crippen molar-refractivity contribution in [3.8, 4) is 0 Å². The lowest BCUT2D eigenvalue weighted by Crippen LogP contribution is -2.45. The molecule has 0 saturated heterocycles. The maximum Gasteiger partial charge on any atom is 0.319 e. The Morgan fingerprint density at radius 2 is 1.63 bits per heavy atom. The SMILES string of the molecule is CCC(C)(C)C1CCC(NCC(F)(F)C(F)F)CC1. The van der Waals surface area contributed by atoms with Crippen LogP contribution >= 0.6 is 0 Å². The van der Waals surface area contributed by atoms with Crippen LogP contribution in [0.25, 0.3) is 0 Å². The van der Waals surface area contributed by atoms with Crippen LogP contribution < -0.4 is 5.32 Å². The fraction of sp³-hybridized carbons (Fsp3) is 1.00. The molecule has 1 N–H and O–H groups in total. The third kappa shape index (κ3) is 4.62. The predicted octanol–water partition coefficient (Wildman–Crippen LogP) is 4.47. The minimum Gasteiger partial charge on any atom is -0.308 e. The van der Waals surface area contributed by atoms with Crippen molar-refractivity contribution in [3.63, 3.8) is 0 Å². The molecular weight excluding hydrogens is 258 g/mol. The van der Waals surface area contributed by atoms with Crippen molar-refractivity contribution in [1.29, 1.82) is 0 Å². The Kier molecular flexibility index (Phi) is 5.65. The van der Waals surface area contributed by atoms with Gasteiger partial charge in [-0.05, 0) is 37.0 Å². The lowest BCUT2D eigenvalue weighted by Gasteiger charge is -2.39. The van der Waals surface area contributed by atoms with Crippen molar-refractivity contribution in [2.24, 2.45) is 11.3 Å². The topological polar surface area (TPSA) is 12.0 Å². The Morgan fingerprint density at radius 3 is 2.05 bits per heavy atom. The van der Waals surface area contributed by atoms with Gasteiger partial charge in [-0.2, -0.15) is 8.78 Å². The fourth-order valence-corrected chi connectivity index (χ4v) is 2.73. The number of rotatable bonds is 6. The van der Waals surface area contributed by atoms with E-state index >= 15 is 0 Å². The largest absolute Gasteiger partial charge is 0.319 e. The monoisotopic (exact) mass is 283 g/mol. The quantitative estimate of drug-likeness (QED) is 0.709. The number of halogens is 4. The summed E-state index contributed by atoms with van der Waals surface area (Å²) in [6, 6.07) is -0.0477. The zero-order valence-corrected chi connectivity index (χ0v) is 12.0. The van der Waals surface area contributed by atoms with Gasteiger partial charge in [0.05, 0.1) is 6.54 Å². The summed E-state index contributed by atoms with van der Waals surface area (Å²) < 4.78 is 49.7. The fourth-order valence-electron chi connectivity index (χ4n) is 2.73. The first-order valence-electron chi connectivity index (χ1n) is 7.08. The summed E-state index contributed by atoms with van der Waals surface area (Å²) in [4.78, 5) is 0. The van der Waals surface area contributed by atoms with Crippen molar-refractivity contribution < 1.29 is 17.6 Å². The van der Waals surface area contributed by atoms with Crippen LogP contribution in [0.4, 0.5) is 17.6 Å². The van der Waals surface area contributed by atoms with E-state index in [9.17, 15) is 17.6 Å². The third-order valence-corrected chi connectivity index (χ3v) is 4.69. The van der Waals surface area contributed by atoms with E-state index in [1.54, 1.807) is 0 Å². The molecule has 19 heavy (non-hydrogen) atoms.